The van der Waals surface area contributed by atoms with Gasteiger partial charge in [0, 0.05) is 18.5 Å². The fourth-order valence-electron chi connectivity index (χ4n) is 2.83. The summed E-state index contributed by atoms with van der Waals surface area (Å²) in [6.07, 6.45) is -0.263. The fourth-order valence-corrected chi connectivity index (χ4v) is 2.83. The van der Waals surface area contributed by atoms with E-state index in [0.29, 0.717) is 13.1 Å². The normalized spacial score (nSPS) is 21.6. The minimum atomic E-state index is -4.64. The van der Waals surface area contributed by atoms with Crippen molar-refractivity contribution < 1.29 is 13.2 Å². The Hall–Kier alpha value is -1.53. The number of H-pyrrole nitrogens is 1. The molecule has 0 aromatic carbocycles. The second kappa shape index (κ2) is 3.49. The van der Waals surface area contributed by atoms with Crippen LogP contribution >= 0.6 is 0 Å². The zero-order valence-electron chi connectivity index (χ0n) is 9.55. The lowest BCUT2D eigenvalue weighted by molar-refractivity contribution is -0.138. The highest BCUT2D eigenvalue weighted by molar-refractivity contribution is 5.55. The molecule has 0 bridgehead atoms. The third-order valence-electron chi connectivity index (χ3n) is 3.93. The molecule has 2 fully saturated rings. The molecule has 1 aliphatic heterocycles. The first-order valence-corrected chi connectivity index (χ1v) is 5.81. The summed E-state index contributed by atoms with van der Waals surface area (Å²) in [6.45, 7) is 1.20. The van der Waals surface area contributed by atoms with Crippen molar-refractivity contribution in [2.45, 2.75) is 25.4 Å². The minimum absolute atomic E-state index is 0.0937. The predicted molar refractivity (Wildman–Crippen MR) is 58.4 cm³/mol. The third kappa shape index (κ3) is 1.60. The molecule has 3 rings (SSSR count). The van der Waals surface area contributed by atoms with E-state index >= 15 is 0 Å². The summed E-state index contributed by atoms with van der Waals surface area (Å²) in [5.41, 5.74) is -2.20. The maximum Gasteiger partial charge on any atom is 0.423 e. The highest BCUT2D eigenvalue weighted by atomic mass is 19.4. The summed E-state index contributed by atoms with van der Waals surface area (Å²) in [5, 5.41) is 5.32. The van der Waals surface area contributed by atoms with Gasteiger partial charge < -0.3 is 4.90 Å². The van der Waals surface area contributed by atoms with Crippen LogP contribution in [-0.2, 0) is 6.18 Å². The van der Waals surface area contributed by atoms with Crippen LogP contribution in [0.4, 0.5) is 18.9 Å². The summed E-state index contributed by atoms with van der Waals surface area (Å²) in [4.78, 5) is 12.9. The Morgan fingerprint density at radius 1 is 1.33 bits per heavy atom. The van der Waals surface area contributed by atoms with Gasteiger partial charge in [-0.25, -0.2) is 5.10 Å². The van der Waals surface area contributed by atoms with E-state index in [1.54, 1.807) is 4.90 Å². The zero-order chi connectivity index (χ0) is 13.0. The van der Waals surface area contributed by atoms with E-state index in [9.17, 15) is 18.0 Å². The molecule has 0 atom stereocenters. The smallest absolute Gasteiger partial charge is 0.368 e. The van der Waals surface area contributed by atoms with E-state index in [2.05, 4.69) is 5.10 Å². The number of rotatable bonds is 1. The van der Waals surface area contributed by atoms with Gasteiger partial charge in [0.2, 0.25) is 0 Å². The van der Waals surface area contributed by atoms with Gasteiger partial charge in [0.1, 0.15) is 5.56 Å². The highest BCUT2D eigenvalue weighted by Crippen LogP contribution is 2.50. The summed E-state index contributed by atoms with van der Waals surface area (Å²) >= 11 is 0. The number of nitrogens with one attached hydrogen (secondary N) is 1. The van der Waals surface area contributed by atoms with E-state index in [1.807, 2.05) is 5.10 Å². The molecule has 2 heterocycles. The Morgan fingerprint density at radius 2 is 2.00 bits per heavy atom. The fraction of sp³-hybridized carbons (Fsp3) is 0.636. The molecular weight excluding hydrogens is 247 g/mol. The number of aromatic nitrogens is 2. The average Bonchev–Trinajstić information content (AvgIpc) is 2.10. The van der Waals surface area contributed by atoms with Crippen LogP contribution in [0.2, 0.25) is 0 Å². The van der Waals surface area contributed by atoms with Crippen LogP contribution in [0.15, 0.2) is 11.0 Å². The van der Waals surface area contributed by atoms with Crippen molar-refractivity contribution in [2.75, 3.05) is 18.0 Å². The van der Waals surface area contributed by atoms with Gasteiger partial charge in [0.05, 0.1) is 11.9 Å². The zero-order valence-corrected chi connectivity index (χ0v) is 9.55. The van der Waals surface area contributed by atoms with E-state index < -0.39 is 17.3 Å². The number of aromatic amines is 1. The van der Waals surface area contributed by atoms with Crippen molar-refractivity contribution in [3.05, 3.63) is 22.1 Å². The lowest BCUT2D eigenvalue weighted by atomic mass is 9.63. The molecule has 0 amide bonds. The average molecular weight is 259 g/mol. The van der Waals surface area contributed by atoms with Gasteiger partial charge in [-0.1, -0.05) is 6.42 Å². The first-order chi connectivity index (χ1) is 8.41. The molecule has 7 heteroatoms. The number of halogens is 3. The van der Waals surface area contributed by atoms with Crippen LogP contribution in [0.5, 0.6) is 0 Å². The van der Waals surface area contributed by atoms with E-state index in [1.165, 1.54) is 0 Å². The van der Waals surface area contributed by atoms with Crippen molar-refractivity contribution in [3.8, 4) is 0 Å². The van der Waals surface area contributed by atoms with Gasteiger partial charge in [0.15, 0.2) is 0 Å². The molecule has 0 radical (unpaired) electrons. The van der Waals surface area contributed by atoms with Crippen molar-refractivity contribution in [1.29, 1.82) is 0 Å². The van der Waals surface area contributed by atoms with E-state index in [0.717, 1.165) is 25.5 Å². The van der Waals surface area contributed by atoms with Crippen LogP contribution in [0, 0.1) is 5.41 Å². The van der Waals surface area contributed by atoms with Crippen molar-refractivity contribution in [2.24, 2.45) is 5.41 Å². The molecule has 1 saturated carbocycles. The molecule has 1 N–H and O–H groups in total. The Balaban J connectivity index is 1.93. The molecule has 1 spiro atoms. The molecule has 0 unspecified atom stereocenters. The first kappa shape index (κ1) is 11.6. The standard InChI is InChI=1S/C11H12F3N3O/c12-11(13,14)8-7(4-15-16-9(8)18)17-5-10(6-17)2-1-3-10/h4H,1-3,5-6H2,(H,16,18). The second-order valence-corrected chi connectivity index (χ2v) is 5.17. The molecule has 1 aliphatic carbocycles. The summed E-state index contributed by atoms with van der Waals surface area (Å²) in [7, 11) is 0. The first-order valence-electron chi connectivity index (χ1n) is 5.81. The Labute approximate surface area is 101 Å². The van der Waals surface area contributed by atoms with Crippen LogP contribution < -0.4 is 10.5 Å². The topological polar surface area (TPSA) is 49.0 Å². The molecule has 18 heavy (non-hydrogen) atoms. The Bertz CT molecular complexity index is 525. The molecule has 1 aromatic rings. The van der Waals surface area contributed by atoms with Gasteiger partial charge in [-0.15, -0.1) is 0 Å². The molecule has 1 saturated heterocycles. The van der Waals surface area contributed by atoms with Crippen LogP contribution in [0.25, 0.3) is 0 Å². The Kier molecular flexibility index (Phi) is 2.24. The van der Waals surface area contributed by atoms with Crippen molar-refractivity contribution in [1.82, 2.24) is 10.2 Å². The van der Waals surface area contributed by atoms with Crippen LogP contribution in [0.3, 0.4) is 0 Å². The SMILES string of the molecule is O=c1[nH]ncc(N2CC3(CCC3)C2)c1C(F)(F)F. The Morgan fingerprint density at radius 3 is 2.50 bits per heavy atom. The lowest BCUT2D eigenvalue weighted by Gasteiger charge is -2.57. The van der Waals surface area contributed by atoms with Crippen molar-refractivity contribution in [3.63, 3.8) is 0 Å². The number of hydrogen-bond acceptors (Lipinski definition) is 3. The lowest BCUT2D eigenvalue weighted by Crippen LogP contribution is -2.60. The minimum Gasteiger partial charge on any atom is -0.368 e. The number of hydrogen-bond donors (Lipinski definition) is 1. The molecule has 1 aromatic heterocycles. The van der Waals surface area contributed by atoms with Crippen LogP contribution in [-0.4, -0.2) is 23.3 Å². The van der Waals surface area contributed by atoms with E-state index in [4.69, 9.17) is 0 Å². The van der Waals surface area contributed by atoms with Crippen LogP contribution in [0.1, 0.15) is 24.8 Å². The van der Waals surface area contributed by atoms with Gasteiger partial charge in [0.25, 0.3) is 5.56 Å². The quantitative estimate of drug-likeness (QED) is 0.836. The van der Waals surface area contributed by atoms with E-state index in [-0.39, 0.29) is 11.1 Å². The summed E-state index contributed by atoms with van der Waals surface area (Å²) in [5.74, 6) is 0. The number of anilines is 1. The predicted octanol–water partition coefficient (Wildman–Crippen LogP) is 1.78. The molecular formula is C11H12F3N3O. The number of nitrogens with zero attached hydrogens (tertiary/aromatic N) is 2. The van der Waals surface area contributed by atoms with Gasteiger partial charge >= 0.3 is 6.18 Å². The van der Waals surface area contributed by atoms with Crippen molar-refractivity contribution >= 4 is 5.69 Å². The third-order valence-corrected chi connectivity index (χ3v) is 3.93. The van der Waals surface area contributed by atoms with Gasteiger partial charge in [-0.05, 0) is 12.8 Å². The van der Waals surface area contributed by atoms with Gasteiger partial charge in [-0.2, -0.15) is 18.3 Å². The summed E-state index contributed by atoms with van der Waals surface area (Å²) in [6, 6.07) is 0. The molecule has 98 valence electrons. The number of alkyl halides is 3. The molecule has 2 aliphatic rings. The maximum atomic E-state index is 12.8. The van der Waals surface area contributed by atoms with Gasteiger partial charge in [-0.3, -0.25) is 4.79 Å². The maximum absolute atomic E-state index is 12.8. The largest absolute Gasteiger partial charge is 0.423 e. The summed E-state index contributed by atoms with van der Waals surface area (Å²) < 4.78 is 38.5. The molecule has 4 nitrogen and oxygen atoms in total. The monoisotopic (exact) mass is 259 g/mol. The second-order valence-electron chi connectivity index (χ2n) is 5.17. The highest BCUT2D eigenvalue weighted by Gasteiger charge is 2.49.